The van der Waals surface area contributed by atoms with Gasteiger partial charge in [-0.05, 0) is 12.8 Å². The van der Waals surface area contributed by atoms with E-state index in [9.17, 15) is 14.7 Å². The van der Waals surface area contributed by atoms with E-state index in [1.807, 2.05) is 0 Å². The first-order valence-electron chi connectivity index (χ1n) is 8.61. The molecular formula is C17H22N4O4. The van der Waals surface area contributed by atoms with Gasteiger partial charge in [0.2, 0.25) is 5.91 Å². The smallest absolute Gasteiger partial charge is 0.316 e. The number of carbonyl (C=O) groups is 2. The standard InChI is InChI=1S/C17H22N4O4/c1-25-16-18-4-11(5-19-16)6-20-7-13-8-21(14(22)12-2-3-12)10-17(13,9-20)15(23)24/h4-5,12-13H,2-3,6-10H2,1H3,(H,23,24)/t13-,17-/m1/s1. The lowest BCUT2D eigenvalue weighted by Gasteiger charge is -2.25. The molecule has 25 heavy (non-hydrogen) atoms. The van der Waals surface area contributed by atoms with Gasteiger partial charge in [-0.2, -0.15) is 0 Å². The van der Waals surface area contributed by atoms with Crippen molar-refractivity contribution < 1.29 is 19.4 Å². The van der Waals surface area contributed by atoms with Crippen LogP contribution in [0.2, 0.25) is 0 Å². The van der Waals surface area contributed by atoms with Crippen LogP contribution in [0, 0.1) is 17.3 Å². The molecule has 0 radical (unpaired) electrons. The zero-order valence-electron chi connectivity index (χ0n) is 14.2. The molecule has 3 fully saturated rings. The Balaban J connectivity index is 1.45. The second kappa shape index (κ2) is 5.94. The van der Waals surface area contributed by atoms with Gasteiger partial charge >= 0.3 is 12.0 Å². The summed E-state index contributed by atoms with van der Waals surface area (Å²) in [5.41, 5.74) is 0.0740. The van der Waals surface area contributed by atoms with Crippen LogP contribution in [0.25, 0.3) is 0 Å². The van der Waals surface area contributed by atoms with Crippen LogP contribution >= 0.6 is 0 Å². The van der Waals surface area contributed by atoms with E-state index < -0.39 is 11.4 Å². The number of carboxylic acids is 1. The van der Waals surface area contributed by atoms with E-state index in [0.717, 1.165) is 18.4 Å². The highest BCUT2D eigenvalue weighted by atomic mass is 16.5. The Morgan fingerprint density at radius 3 is 2.56 bits per heavy atom. The van der Waals surface area contributed by atoms with Crippen molar-refractivity contribution in [2.75, 3.05) is 33.3 Å². The summed E-state index contributed by atoms with van der Waals surface area (Å²) in [7, 11) is 1.52. The molecule has 1 aliphatic carbocycles. The molecule has 0 aromatic carbocycles. The second-order valence-corrected chi connectivity index (χ2v) is 7.40. The number of aliphatic carboxylic acids is 1. The highest BCUT2D eigenvalue weighted by Gasteiger charge is 2.59. The predicted molar refractivity (Wildman–Crippen MR) is 86.7 cm³/mol. The summed E-state index contributed by atoms with van der Waals surface area (Å²) in [5.74, 6) is -0.536. The largest absolute Gasteiger partial charge is 0.481 e. The molecule has 1 saturated carbocycles. The monoisotopic (exact) mass is 346 g/mol. The number of likely N-dealkylation sites (tertiary alicyclic amines) is 2. The number of carboxylic acid groups (broad SMARTS) is 1. The third-order valence-corrected chi connectivity index (χ3v) is 5.61. The molecule has 0 spiro atoms. The number of ether oxygens (including phenoxy) is 1. The van der Waals surface area contributed by atoms with Gasteiger partial charge in [0.05, 0.1) is 7.11 Å². The van der Waals surface area contributed by atoms with Crippen molar-refractivity contribution in [3.8, 4) is 6.01 Å². The Bertz CT molecular complexity index is 690. The number of aromatic nitrogens is 2. The van der Waals surface area contributed by atoms with Crippen molar-refractivity contribution in [3.63, 3.8) is 0 Å². The highest BCUT2D eigenvalue weighted by molar-refractivity contribution is 5.84. The van der Waals surface area contributed by atoms with Crippen LogP contribution in [-0.2, 0) is 16.1 Å². The summed E-state index contributed by atoms with van der Waals surface area (Å²) in [6.07, 6.45) is 5.31. The average Bonchev–Trinajstić information content (AvgIpc) is 3.29. The van der Waals surface area contributed by atoms with Gasteiger partial charge < -0.3 is 14.7 Å². The van der Waals surface area contributed by atoms with Gasteiger partial charge in [0.1, 0.15) is 5.41 Å². The normalized spacial score (nSPS) is 28.8. The third kappa shape index (κ3) is 2.84. The number of nitrogens with zero attached hydrogens (tertiary/aromatic N) is 4. The van der Waals surface area contributed by atoms with Gasteiger partial charge in [0.25, 0.3) is 0 Å². The molecule has 8 nitrogen and oxygen atoms in total. The summed E-state index contributed by atoms with van der Waals surface area (Å²) in [6.45, 7) is 2.61. The first kappa shape index (κ1) is 16.3. The van der Waals surface area contributed by atoms with E-state index >= 15 is 0 Å². The zero-order valence-corrected chi connectivity index (χ0v) is 14.2. The van der Waals surface area contributed by atoms with E-state index in [4.69, 9.17) is 4.74 Å². The van der Waals surface area contributed by atoms with Gasteiger partial charge in [0.15, 0.2) is 0 Å². The number of rotatable bonds is 5. The number of amides is 1. The fraction of sp³-hybridized carbons (Fsp3) is 0.647. The second-order valence-electron chi connectivity index (χ2n) is 7.40. The fourth-order valence-electron chi connectivity index (χ4n) is 4.14. The molecule has 1 aromatic heterocycles. The molecule has 2 saturated heterocycles. The fourth-order valence-corrected chi connectivity index (χ4v) is 4.14. The number of fused-ring (bicyclic) bond motifs is 1. The summed E-state index contributed by atoms with van der Waals surface area (Å²) in [6, 6.07) is 0.318. The average molecular weight is 346 g/mol. The Labute approximate surface area is 145 Å². The van der Waals surface area contributed by atoms with Gasteiger partial charge in [-0.15, -0.1) is 0 Å². The lowest BCUT2D eigenvalue weighted by molar-refractivity contribution is -0.149. The molecule has 3 aliphatic rings. The maximum absolute atomic E-state index is 12.3. The summed E-state index contributed by atoms with van der Waals surface area (Å²) < 4.78 is 4.95. The van der Waals surface area contributed by atoms with Crippen molar-refractivity contribution in [2.45, 2.75) is 19.4 Å². The van der Waals surface area contributed by atoms with E-state index in [-0.39, 0.29) is 17.7 Å². The van der Waals surface area contributed by atoms with Crippen molar-refractivity contribution in [1.82, 2.24) is 19.8 Å². The number of hydrogen-bond donors (Lipinski definition) is 1. The molecule has 0 bridgehead atoms. The van der Waals surface area contributed by atoms with Crippen molar-refractivity contribution in [3.05, 3.63) is 18.0 Å². The first-order chi connectivity index (χ1) is 12.0. The number of methoxy groups -OCH3 is 1. The van der Waals surface area contributed by atoms with Crippen molar-refractivity contribution in [1.29, 1.82) is 0 Å². The molecule has 0 unspecified atom stereocenters. The molecular weight excluding hydrogens is 324 g/mol. The highest BCUT2D eigenvalue weighted by Crippen LogP contribution is 2.45. The van der Waals surface area contributed by atoms with E-state index in [2.05, 4.69) is 14.9 Å². The van der Waals surface area contributed by atoms with Gasteiger partial charge in [0, 0.05) is 62.5 Å². The van der Waals surface area contributed by atoms with Crippen LogP contribution in [0.1, 0.15) is 18.4 Å². The Morgan fingerprint density at radius 1 is 1.28 bits per heavy atom. The molecule has 1 aromatic rings. The van der Waals surface area contributed by atoms with Crippen molar-refractivity contribution in [2.24, 2.45) is 17.3 Å². The Kier molecular flexibility index (Phi) is 3.87. The van der Waals surface area contributed by atoms with Gasteiger partial charge in [-0.3, -0.25) is 14.5 Å². The quantitative estimate of drug-likeness (QED) is 0.816. The molecule has 1 N–H and O–H groups in total. The van der Waals surface area contributed by atoms with Crippen LogP contribution in [0.3, 0.4) is 0 Å². The third-order valence-electron chi connectivity index (χ3n) is 5.61. The van der Waals surface area contributed by atoms with E-state index in [1.54, 1.807) is 17.3 Å². The molecule has 3 heterocycles. The minimum atomic E-state index is -0.849. The molecule has 1 amide bonds. The predicted octanol–water partition coefficient (Wildman–Crippen LogP) is 0.240. The summed E-state index contributed by atoms with van der Waals surface area (Å²) >= 11 is 0. The molecule has 2 aliphatic heterocycles. The van der Waals surface area contributed by atoms with E-state index in [0.29, 0.717) is 38.7 Å². The van der Waals surface area contributed by atoms with Crippen LogP contribution in [0.4, 0.5) is 0 Å². The van der Waals surface area contributed by atoms with Crippen molar-refractivity contribution >= 4 is 11.9 Å². The first-order valence-corrected chi connectivity index (χ1v) is 8.61. The Morgan fingerprint density at radius 2 is 2.00 bits per heavy atom. The van der Waals surface area contributed by atoms with Crippen LogP contribution in [0.5, 0.6) is 6.01 Å². The van der Waals surface area contributed by atoms with Crippen LogP contribution in [0.15, 0.2) is 12.4 Å². The van der Waals surface area contributed by atoms with Crippen LogP contribution in [-0.4, -0.2) is 70.0 Å². The van der Waals surface area contributed by atoms with E-state index in [1.165, 1.54) is 7.11 Å². The minimum absolute atomic E-state index is 0.0214. The number of hydrogen-bond acceptors (Lipinski definition) is 6. The zero-order chi connectivity index (χ0) is 17.6. The molecule has 134 valence electrons. The van der Waals surface area contributed by atoms with Crippen LogP contribution < -0.4 is 4.74 Å². The maximum Gasteiger partial charge on any atom is 0.316 e. The summed E-state index contributed by atoms with van der Waals surface area (Å²) in [4.78, 5) is 36.5. The molecule has 2 atom stereocenters. The number of carbonyl (C=O) groups excluding carboxylic acids is 1. The maximum atomic E-state index is 12.3. The SMILES string of the molecule is COc1ncc(CN2C[C@@H]3CN(C(=O)C4CC4)C[C@]3(C(=O)O)C2)cn1. The minimum Gasteiger partial charge on any atom is -0.481 e. The van der Waals surface area contributed by atoms with Gasteiger partial charge in [-0.25, -0.2) is 9.97 Å². The lowest BCUT2D eigenvalue weighted by Crippen LogP contribution is -2.42. The van der Waals surface area contributed by atoms with Gasteiger partial charge in [-0.1, -0.05) is 0 Å². The topological polar surface area (TPSA) is 95.9 Å². The molecule has 4 rings (SSSR count). The summed E-state index contributed by atoms with van der Waals surface area (Å²) in [5, 5.41) is 9.87. The lowest BCUT2D eigenvalue weighted by atomic mass is 9.81. The Hall–Kier alpha value is -2.22. The molecule has 8 heteroatoms.